The van der Waals surface area contributed by atoms with E-state index in [1.807, 2.05) is 6.92 Å². The van der Waals surface area contributed by atoms with Crippen molar-refractivity contribution in [1.82, 2.24) is 0 Å². The molecule has 1 aliphatic heterocycles. The molecule has 2 rings (SSSR count). The molecule has 17 heavy (non-hydrogen) atoms. The molecule has 0 bridgehead atoms. The number of esters is 1. The molecule has 2 N–H and O–H groups in total. The van der Waals surface area contributed by atoms with Gasteiger partial charge in [0.2, 0.25) is 5.76 Å². The van der Waals surface area contributed by atoms with E-state index in [4.69, 9.17) is 14.9 Å². The van der Waals surface area contributed by atoms with E-state index in [9.17, 15) is 4.79 Å². The first-order valence-electron chi connectivity index (χ1n) is 5.64. The smallest absolute Gasteiger partial charge is 0.373 e. The lowest BCUT2D eigenvalue weighted by Gasteiger charge is -2.28. The largest absolute Gasteiger partial charge is 0.463 e. The molecule has 0 radical (unpaired) electrons. The van der Waals surface area contributed by atoms with E-state index in [-0.39, 0.29) is 11.8 Å². The van der Waals surface area contributed by atoms with Crippen molar-refractivity contribution in [2.75, 3.05) is 13.7 Å². The highest BCUT2D eigenvalue weighted by molar-refractivity contribution is 5.86. The van der Waals surface area contributed by atoms with Crippen LogP contribution in [0.3, 0.4) is 0 Å². The molecule has 1 fully saturated rings. The summed E-state index contributed by atoms with van der Waals surface area (Å²) in [4.78, 5) is 11.3. The number of furan rings is 1. The van der Waals surface area contributed by atoms with Crippen LogP contribution in [0.15, 0.2) is 16.5 Å². The van der Waals surface area contributed by atoms with Crippen LogP contribution >= 0.6 is 0 Å². The fourth-order valence-electron chi connectivity index (χ4n) is 2.08. The third kappa shape index (κ3) is 2.21. The molecule has 2 heterocycles. The number of hydrogen-bond donors (Lipinski definition) is 1. The molecule has 1 aliphatic rings. The Kier molecular flexibility index (Phi) is 3.22. The molecule has 2 atom stereocenters. The summed E-state index contributed by atoms with van der Waals surface area (Å²) in [6, 6.07) is 2.90. The number of nitrogens with two attached hydrogens (primary N) is 1. The topological polar surface area (TPSA) is 74.7 Å². The number of ether oxygens (including phenoxy) is 2. The molecule has 0 amide bonds. The summed E-state index contributed by atoms with van der Waals surface area (Å²) < 4.78 is 15.6. The number of rotatable bonds is 3. The van der Waals surface area contributed by atoms with Crippen LogP contribution in [-0.2, 0) is 9.47 Å². The van der Waals surface area contributed by atoms with E-state index in [1.54, 1.807) is 12.1 Å². The molecule has 0 spiro atoms. The fraction of sp³-hybridized carbons (Fsp3) is 0.583. The monoisotopic (exact) mass is 239 g/mol. The quantitative estimate of drug-likeness (QED) is 0.811. The molecule has 2 unspecified atom stereocenters. The first kappa shape index (κ1) is 12.1. The Balaban J connectivity index is 2.17. The maximum Gasteiger partial charge on any atom is 0.373 e. The highest BCUT2D eigenvalue weighted by atomic mass is 16.5. The Morgan fingerprint density at radius 3 is 2.94 bits per heavy atom. The number of methoxy groups -OCH3 is 1. The Bertz CT molecular complexity index is 406. The van der Waals surface area contributed by atoms with Gasteiger partial charge in [-0.3, -0.25) is 0 Å². The van der Waals surface area contributed by atoms with Crippen LogP contribution in [0.5, 0.6) is 0 Å². The second-order valence-corrected chi connectivity index (χ2v) is 4.44. The van der Waals surface area contributed by atoms with Gasteiger partial charge in [-0.2, -0.15) is 0 Å². The van der Waals surface area contributed by atoms with Gasteiger partial charge in [-0.15, -0.1) is 0 Å². The van der Waals surface area contributed by atoms with E-state index < -0.39 is 11.6 Å². The van der Waals surface area contributed by atoms with Crippen molar-refractivity contribution in [3.63, 3.8) is 0 Å². The van der Waals surface area contributed by atoms with Crippen molar-refractivity contribution in [3.05, 3.63) is 23.7 Å². The van der Waals surface area contributed by atoms with Crippen molar-refractivity contribution in [2.24, 2.45) is 5.73 Å². The van der Waals surface area contributed by atoms with Crippen LogP contribution in [0, 0.1) is 0 Å². The lowest BCUT2D eigenvalue weighted by Crippen LogP contribution is -2.37. The van der Waals surface area contributed by atoms with Crippen molar-refractivity contribution in [2.45, 2.75) is 31.4 Å². The van der Waals surface area contributed by atoms with E-state index >= 15 is 0 Å². The second kappa shape index (κ2) is 4.50. The third-order valence-electron chi connectivity index (χ3n) is 3.23. The van der Waals surface area contributed by atoms with Gasteiger partial charge in [0.15, 0.2) is 0 Å². The molecule has 0 aromatic carbocycles. The number of carbonyl (C=O) groups is 1. The average molecular weight is 239 g/mol. The Labute approximate surface area is 99.9 Å². The van der Waals surface area contributed by atoms with Crippen molar-refractivity contribution < 1.29 is 18.7 Å². The Morgan fingerprint density at radius 1 is 1.59 bits per heavy atom. The van der Waals surface area contributed by atoms with Gasteiger partial charge in [0.1, 0.15) is 5.76 Å². The van der Waals surface area contributed by atoms with Crippen LogP contribution in [0.25, 0.3) is 0 Å². The molecule has 1 aromatic rings. The minimum Gasteiger partial charge on any atom is -0.463 e. The van der Waals surface area contributed by atoms with E-state index in [0.29, 0.717) is 5.76 Å². The van der Waals surface area contributed by atoms with Crippen LogP contribution in [-0.4, -0.2) is 25.3 Å². The first-order chi connectivity index (χ1) is 8.07. The zero-order valence-corrected chi connectivity index (χ0v) is 10.1. The summed E-state index contributed by atoms with van der Waals surface area (Å²) in [5.74, 6) is 0.218. The Hall–Kier alpha value is -1.33. The zero-order chi connectivity index (χ0) is 12.5. The molecule has 5 nitrogen and oxygen atoms in total. The molecular weight excluding hydrogens is 222 g/mol. The molecule has 94 valence electrons. The minimum absolute atomic E-state index is 0.166. The first-order valence-corrected chi connectivity index (χ1v) is 5.64. The van der Waals surface area contributed by atoms with Gasteiger partial charge >= 0.3 is 5.97 Å². The highest BCUT2D eigenvalue weighted by Gasteiger charge is 2.39. The van der Waals surface area contributed by atoms with Gasteiger partial charge in [0.05, 0.1) is 18.8 Å². The molecule has 5 heteroatoms. The fourth-order valence-corrected chi connectivity index (χ4v) is 2.08. The number of hydrogen-bond acceptors (Lipinski definition) is 5. The van der Waals surface area contributed by atoms with Crippen LogP contribution in [0.2, 0.25) is 0 Å². The zero-order valence-electron chi connectivity index (χ0n) is 10.1. The molecule has 0 aliphatic carbocycles. The molecule has 0 saturated carbocycles. The summed E-state index contributed by atoms with van der Waals surface area (Å²) in [6.45, 7) is 2.68. The van der Waals surface area contributed by atoms with Gasteiger partial charge in [-0.05, 0) is 31.9 Å². The predicted molar refractivity (Wildman–Crippen MR) is 60.6 cm³/mol. The van der Waals surface area contributed by atoms with Crippen molar-refractivity contribution in [1.29, 1.82) is 0 Å². The third-order valence-corrected chi connectivity index (χ3v) is 3.23. The number of carbonyl (C=O) groups excluding carboxylic acids is 1. The van der Waals surface area contributed by atoms with E-state index in [1.165, 1.54) is 7.11 Å². The summed E-state index contributed by atoms with van der Waals surface area (Å²) in [6.07, 6.45) is 1.89. The van der Waals surface area contributed by atoms with Gasteiger partial charge < -0.3 is 19.6 Å². The lowest BCUT2D eigenvalue weighted by molar-refractivity contribution is -0.00731. The minimum atomic E-state index is -0.499. The molecule has 1 saturated heterocycles. The van der Waals surface area contributed by atoms with Gasteiger partial charge in [0, 0.05) is 6.61 Å². The van der Waals surface area contributed by atoms with Crippen LogP contribution in [0.4, 0.5) is 0 Å². The van der Waals surface area contributed by atoms with Gasteiger partial charge in [0.25, 0.3) is 0 Å². The van der Waals surface area contributed by atoms with E-state index in [0.717, 1.165) is 19.4 Å². The standard InChI is InChI=1S/C12H17NO4/c1-12(6-3-7-16-12)10(13)8-4-5-9(17-8)11(14)15-2/h4-5,10H,3,6-7,13H2,1-2H3. The lowest BCUT2D eigenvalue weighted by atomic mass is 9.92. The SMILES string of the molecule is COC(=O)c1ccc(C(N)C2(C)CCCO2)o1. The Morgan fingerprint density at radius 2 is 2.35 bits per heavy atom. The average Bonchev–Trinajstić information content (AvgIpc) is 2.96. The van der Waals surface area contributed by atoms with E-state index in [2.05, 4.69) is 4.74 Å². The summed E-state index contributed by atoms with van der Waals surface area (Å²) in [7, 11) is 1.31. The highest BCUT2D eigenvalue weighted by Crippen LogP contribution is 2.36. The maximum atomic E-state index is 11.3. The van der Waals surface area contributed by atoms with Crippen molar-refractivity contribution >= 4 is 5.97 Å². The second-order valence-electron chi connectivity index (χ2n) is 4.44. The normalized spacial score (nSPS) is 25.8. The van der Waals surface area contributed by atoms with Gasteiger partial charge in [-0.1, -0.05) is 0 Å². The van der Waals surface area contributed by atoms with Crippen molar-refractivity contribution in [3.8, 4) is 0 Å². The van der Waals surface area contributed by atoms with Crippen LogP contribution < -0.4 is 5.73 Å². The van der Waals surface area contributed by atoms with Crippen LogP contribution in [0.1, 0.15) is 42.1 Å². The summed E-state index contributed by atoms with van der Waals surface area (Å²) >= 11 is 0. The van der Waals surface area contributed by atoms with Gasteiger partial charge in [-0.25, -0.2) is 4.79 Å². The summed E-state index contributed by atoms with van der Waals surface area (Å²) in [5, 5.41) is 0. The molecular formula is C12H17NO4. The molecule has 1 aromatic heterocycles. The summed E-state index contributed by atoms with van der Waals surface area (Å²) in [5.41, 5.74) is 5.71. The predicted octanol–water partition coefficient (Wildman–Crippen LogP) is 1.64. The maximum absolute atomic E-state index is 11.3.